The maximum absolute atomic E-state index is 12.5. The van der Waals surface area contributed by atoms with Gasteiger partial charge in [-0.1, -0.05) is 42.0 Å². The van der Waals surface area contributed by atoms with Crippen molar-refractivity contribution in [3.63, 3.8) is 0 Å². The lowest BCUT2D eigenvalue weighted by Crippen LogP contribution is -3.27. The number of methoxy groups -OCH3 is 1. The molecule has 1 atom stereocenters. The van der Waals surface area contributed by atoms with Gasteiger partial charge in [-0.2, -0.15) is 0 Å². The number of para-hydroxylation sites is 2. The van der Waals surface area contributed by atoms with Crippen molar-refractivity contribution < 1.29 is 24.1 Å². The Morgan fingerprint density at radius 1 is 1.00 bits per heavy atom. The third-order valence-electron chi connectivity index (χ3n) is 5.75. The molecule has 0 radical (unpaired) electrons. The van der Waals surface area contributed by atoms with Crippen molar-refractivity contribution in [2.45, 2.75) is 13.0 Å². The summed E-state index contributed by atoms with van der Waals surface area (Å²) in [7, 11) is 3.74. The van der Waals surface area contributed by atoms with Crippen LogP contribution in [0.5, 0.6) is 5.75 Å². The normalized spacial score (nSPS) is 19.6. The predicted molar refractivity (Wildman–Crippen MR) is 116 cm³/mol. The van der Waals surface area contributed by atoms with Crippen LogP contribution in [0.3, 0.4) is 0 Å². The van der Waals surface area contributed by atoms with Crippen LogP contribution in [0.2, 0.25) is 0 Å². The van der Waals surface area contributed by atoms with Crippen LogP contribution in [0.25, 0.3) is 0 Å². The average molecular weight is 413 g/mol. The zero-order chi connectivity index (χ0) is 21.5. The van der Waals surface area contributed by atoms with Gasteiger partial charge in [-0.15, -0.1) is 0 Å². The van der Waals surface area contributed by atoms with Gasteiger partial charge in [0.05, 0.1) is 26.4 Å². The SMILES string of the molecule is COc1ccccc1NC(=O)C(=O)NC[C@@H](c1ccc(C)cc1)[NH+]1CC[NH+](C)CC1. The third-order valence-corrected chi connectivity index (χ3v) is 5.75. The number of likely N-dealkylation sites (N-methyl/N-ethyl adjacent to an activating group) is 1. The summed E-state index contributed by atoms with van der Waals surface area (Å²) in [6.45, 7) is 6.74. The number of ether oxygens (including phenoxy) is 1. The number of rotatable bonds is 6. The molecule has 7 heteroatoms. The molecule has 2 aromatic rings. The highest BCUT2D eigenvalue weighted by molar-refractivity contribution is 6.39. The second kappa shape index (κ2) is 10.2. The standard InChI is InChI=1S/C23H30N4O3/c1-17-8-10-18(11-9-17)20(27-14-12-26(2)13-15-27)16-24-22(28)23(29)25-19-6-4-5-7-21(19)30-3/h4-11,20H,12-16H2,1-3H3,(H,24,28)(H,25,29)/p+2/t20-/m0/s1. The number of piperazine rings is 1. The first-order valence-electron chi connectivity index (χ1n) is 10.4. The molecule has 160 valence electrons. The number of anilines is 1. The zero-order valence-electron chi connectivity index (χ0n) is 18.0. The molecule has 2 amide bonds. The summed E-state index contributed by atoms with van der Waals surface area (Å²) in [6.07, 6.45) is 0. The van der Waals surface area contributed by atoms with Crippen molar-refractivity contribution in [3.8, 4) is 5.75 Å². The van der Waals surface area contributed by atoms with Crippen LogP contribution in [0, 0.1) is 6.92 Å². The van der Waals surface area contributed by atoms with E-state index in [0.717, 1.165) is 26.2 Å². The van der Waals surface area contributed by atoms with Crippen LogP contribution >= 0.6 is 0 Å². The molecule has 30 heavy (non-hydrogen) atoms. The first kappa shape index (κ1) is 21.8. The van der Waals surface area contributed by atoms with Crippen LogP contribution in [0.4, 0.5) is 5.69 Å². The Labute approximate surface area is 178 Å². The largest absolute Gasteiger partial charge is 0.495 e. The van der Waals surface area contributed by atoms with E-state index in [-0.39, 0.29) is 6.04 Å². The summed E-state index contributed by atoms with van der Waals surface area (Å²) < 4.78 is 5.23. The maximum atomic E-state index is 12.5. The van der Waals surface area contributed by atoms with Gasteiger partial charge in [0.25, 0.3) is 0 Å². The number of benzene rings is 2. The number of aryl methyl sites for hydroxylation is 1. The molecule has 1 fully saturated rings. The quantitative estimate of drug-likeness (QED) is 0.470. The molecular weight excluding hydrogens is 380 g/mol. The van der Waals surface area contributed by atoms with E-state index in [9.17, 15) is 9.59 Å². The summed E-state index contributed by atoms with van der Waals surface area (Å²) in [4.78, 5) is 27.9. The Balaban J connectivity index is 1.66. The Morgan fingerprint density at radius 2 is 1.67 bits per heavy atom. The monoisotopic (exact) mass is 412 g/mol. The number of hydrogen-bond donors (Lipinski definition) is 4. The van der Waals surface area contributed by atoms with E-state index in [0.29, 0.717) is 18.0 Å². The van der Waals surface area contributed by atoms with E-state index < -0.39 is 11.8 Å². The fourth-order valence-electron chi connectivity index (χ4n) is 3.85. The first-order valence-corrected chi connectivity index (χ1v) is 10.4. The highest BCUT2D eigenvalue weighted by Crippen LogP contribution is 2.22. The van der Waals surface area contributed by atoms with Gasteiger partial charge in [-0.05, 0) is 19.1 Å². The van der Waals surface area contributed by atoms with Gasteiger partial charge in [-0.3, -0.25) is 9.59 Å². The fourth-order valence-corrected chi connectivity index (χ4v) is 3.85. The minimum absolute atomic E-state index is 0.113. The van der Waals surface area contributed by atoms with E-state index in [1.807, 2.05) is 0 Å². The molecule has 1 aliphatic heterocycles. The van der Waals surface area contributed by atoms with E-state index in [2.05, 4.69) is 48.9 Å². The second-order valence-electron chi connectivity index (χ2n) is 7.94. The Morgan fingerprint density at radius 3 is 2.33 bits per heavy atom. The molecule has 0 unspecified atom stereocenters. The van der Waals surface area contributed by atoms with Crippen molar-refractivity contribution >= 4 is 17.5 Å². The summed E-state index contributed by atoms with van der Waals surface area (Å²) in [5.41, 5.74) is 2.86. The molecular formula is C23H32N4O3+2. The fraction of sp³-hybridized carbons (Fsp3) is 0.391. The topological polar surface area (TPSA) is 76.3 Å². The molecule has 0 saturated carbocycles. The highest BCUT2D eigenvalue weighted by Gasteiger charge is 2.30. The lowest BCUT2D eigenvalue weighted by molar-refractivity contribution is -1.02. The molecule has 1 heterocycles. The van der Waals surface area contributed by atoms with Crippen LogP contribution in [0.15, 0.2) is 48.5 Å². The van der Waals surface area contributed by atoms with Crippen LogP contribution in [-0.4, -0.2) is 58.7 Å². The van der Waals surface area contributed by atoms with E-state index in [1.165, 1.54) is 28.0 Å². The van der Waals surface area contributed by atoms with Crippen LogP contribution < -0.4 is 25.2 Å². The number of quaternary nitrogens is 2. The van der Waals surface area contributed by atoms with Crippen LogP contribution in [0.1, 0.15) is 17.2 Å². The smallest absolute Gasteiger partial charge is 0.313 e. The zero-order valence-corrected chi connectivity index (χ0v) is 18.0. The molecule has 2 aromatic carbocycles. The summed E-state index contributed by atoms with van der Waals surface area (Å²) in [5, 5.41) is 5.47. The number of carbonyl (C=O) groups excluding carboxylic acids is 2. The molecule has 0 aliphatic carbocycles. The van der Waals surface area contributed by atoms with E-state index >= 15 is 0 Å². The van der Waals surface area contributed by atoms with Gasteiger partial charge in [0, 0.05) is 5.56 Å². The summed E-state index contributed by atoms with van der Waals surface area (Å²) in [5.74, 6) is -0.822. The minimum Gasteiger partial charge on any atom is -0.495 e. The maximum Gasteiger partial charge on any atom is 0.313 e. The van der Waals surface area contributed by atoms with Gasteiger partial charge in [0.2, 0.25) is 0 Å². The molecule has 1 aliphatic rings. The minimum atomic E-state index is -0.694. The molecule has 0 aromatic heterocycles. The van der Waals surface area contributed by atoms with E-state index in [1.54, 1.807) is 24.3 Å². The predicted octanol–water partition coefficient (Wildman–Crippen LogP) is -0.787. The van der Waals surface area contributed by atoms with E-state index in [4.69, 9.17) is 4.74 Å². The van der Waals surface area contributed by atoms with Crippen molar-refractivity contribution in [1.82, 2.24) is 5.32 Å². The van der Waals surface area contributed by atoms with Crippen molar-refractivity contribution in [1.29, 1.82) is 0 Å². The Hall–Kier alpha value is -2.90. The van der Waals surface area contributed by atoms with Gasteiger partial charge in [0.15, 0.2) is 0 Å². The van der Waals surface area contributed by atoms with Crippen molar-refractivity contribution in [2.75, 3.05) is 52.2 Å². The summed E-state index contributed by atoms with van der Waals surface area (Å²) in [6, 6.07) is 15.6. The average Bonchev–Trinajstić information content (AvgIpc) is 2.76. The van der Waals surface area contributed by atoms with Gasteiger partial charge in [-0.25, -0.2) is 0 Å². The molecule has 7 nitrogen and oxygen atoms in total. The number of nitrogens with one attached hydrogen (secondary N) is 4. The third kappa shape index (κ3) is 5.58. The Bertz CT molecular complexity index is 861. The lowest BCUT2D eigenvalue weighted by atomic mass is 10.0. The van der Waals surface area contributed by atoms with Crippen molar-refractivity contribution in [2.24, 2.45) is 0 Å². The van der Waals surface area contributed by atoms with Crippen LogP contribution in [-0.2, 0) is 9.59 Å². The molecule has 4 N–H and O–H groups in total. The van der Waals surface area contributed by atoms with Crippen molar-refractivity contribution in [3.05, 3.63) is 59.7 Å². The molecule has 3 rings (SSSR count). The summed E-state index contributed by atoms with van der Waals surface area (Å²) >= 11 is 0. The number of amides is 2. The van der Waals surface area contributed by atoms with Gasteiger partial charge >= 0.3 is 11.8 Å². The second-order valence-corrected chi connectivity index (χ2v) is 7.94. The van der Waals surface area contributed by atoms with Gasteiger partial charge in [0.1, 0.15) is 38.0 Å². The molecule has 1 saturated heterocycles. The molecule has 0 bridgehead atoms. The number of carbonyl (C=O) groups is 2. The molecule has 0 spiro atoms. The first-order chi connectivity index (χ1) is 14.5. The lowest BCUT2D eigenvalue weighted by Gasteiger charge is -2.33. The Kier molecular flexibility index (Phi) is 7.43. The van der Waals surface area contributed by atoms with Gasteiger partial charge < -0.3 is 25.2 Å². The highest BCUT2D eigenvalue weighted by atomic mass is 16.5. The number of hydrogen-bond acceptors (Lipinski definition) is 3.